The van der Waals surface area contributed by atoms with Gasteiger partial charge in [0.1, 0.15) is 5.82 Å². The molecule has 2 aromatic rings. The van der Waals surface area contributed by atoms with Crippen molar-refractivity contribution in [3.8, 4) is 0 Å². The summed E-state index contributed by atoms with van der Waals surface area (Å²) in [6.45, 7) is 0.980. The van der Waals surface area contributed by atoms with Crippen molar-refractivity contribution in [3.63, 3.8) is 0 Å². The van der Waals surface area contributed by atoms with E-state index in [1.165, 1.54) is 19.3 Å². The highest BCUT2D eigenvalue weighted by Gasteiger charge is 2.20. The number of anilines is 2. The van der Waals surface area contributed by atoms with Gasteiger partial charge in [-0.25, -0.2) is 9.97 Å². The number of imidazole rings is 1. The van der Waals surface area contributed by atoms with Gasteiger partial charge in [-0.05, 0) is 12.3 Å². The molecule has 0 bridgehead atoms. The molecule has 0 atom stereocenters. The molecule has 0 spiro atoms. The van der Waals surface area contributed by atoms with Gasteiger partial charge in [0.05, 0.1) is 6.20 Å². The van der Waals surface area contributed by atoms with Gasteiger partial charge >= 0.3 is 0 Å². The van der Waals surface area contributed by atoms with Crippen LogP contribution in [0.5, 0.6) is 0 Å². The zero-order chi connectivity index (χ0) is 11.7. The van der Waals surface area contributed by atoms with Crippen LogP contribution in [-0.2, 0) is 0 Å². The van der Waals surface area contributed by atoms with E-state index in [4.69, 9.17) is 0 Å². The molecule has 17 heavy (non-hydrogen) atoms. The predicted octanol–water partition coefficient (Wildman–Crippen LogP) is 1.98. The van der Waals surface area contributed by atoms with Crippen LogP contribution in [-0.4, -0.2) is 28.0 Å². The summed E-state index contributed by atoms with van der Waals surface area (Å²) in [6, 6.07) is 0. The third-order valence-electron chi connectivity index (χ3n) is 3.17. The monoisotopic (exact) mass is 231 g/mol. The van der Waals surface area contributed by atoms with E-state index in [0.717, 1.165) is 29.7 Å². The quantitative estimate of drug-likeness (QED) is 0.826. The first-order valence-electron chi connectivity index (χ1n) is 6.12. The Morgan fingerprint density at radius 2 is 2.35 bits per heavy atom. The van der Waals surface area contributed by atoms with Gasteiger partial charge < -0.3 is 15.0 Å². The highest BCUT2D eigenvalue weighted by atomic mass is 15.1. The molecule has 1 fully saturated rings. The SMILES string of the molecule is CNc1cn2ccnc2c(NCCC2CC2)n1. The van der Waals surface area contributed by atoms with E-state index < -0.39 is 0 Å². The van der Waals surface area contributed by atoms with Crippen LogP contribution in [0.1, 0.15) is 19.3 Å². The van der Waals surface area contributed by atoms with Crippen LogP contribution >= 0.6 is 0 Å². The van der Waals surface area contributed by atoms with E-state index in [-0.39, 0.29) is 0 Å². The molecule has 90 valence electrons. The fraction of sp³-hybridized carbons (Fsp3) is 0.500. The van der Waals surface area contributed by atoms with Gasteiger partial charge in [0.15, 0.2) is 11.5 Å². The molecule has 0 aromatic carbocycles. The molecular formula is C12H17N5. The van der Waals surface area contributed by atoms with Crippen LogP contribution < -0.4 is 10.6 Å². The van der Waals surface area contributed by atoms with E-state index in [2.05, 4.69) is 20.6 Å². The second-order valence-electron chi connectivity index (χ2n) is 4.54. The van der Waals surface area contributed by atoms with Gasteiger partial charge in [-0.2, -0.15) is 0 Å². The third kappa shape index (κ3) is 2.18. The first-order valence-corrected chi connectivity index (χ1v) is 6.12. The lowest BCUT2D eigenvalue weighted by Gasteiger charge is -2.08. The number of fused-ring (bicyclic) bond motifs is 1. The van der Waals surface area contributed by atoms with Crippen molar-refractivity contribution in [1.29, 1.82) is 0 Å². The minimum absolute atomic E-state index is 0.851. The van der Waals surface area contributed by atoms with Gasteiger partial charge in [0, 0.05) is 26.0 Å². The first-order chi connectivity index (χ1) is 8.36. The highest BCUT2D eigenvalue weighted by molar-refractivity contribution is 5.65. The summed E-state index contributed by atoms with van der Waals surface area (Å²) in [6.07, 6.45) is 9.69. The molecule has 5 heteroatoms. The Kier molecular flexibility index (Phi) is 2.59. The molecule has 3 rings (SSSR count). The van der Waals surface area contributed by atoms with Crippen LogP contribution in [0.3, 0.4) is 0 Å². The molecule has 0 unspecified atom stereocenters. The lowest BCUT2D eigenvalue weighted by atomic mass is 10.3. The molecule has 1 aliphatic rings. The number of aromatic nitrogens is 3. The molecule has 1 saturated carbocycles. The average molecular weight is 231 g/mol. The first kappa shape index (κ1) is 10.4. The molecule has 2 aromatic heterocycles. The molecule has 0 saturated heterocycles. The Morgan fingerprint density at radius 3 is 3.12 bits per heavy atom. The Morgan fingerprint density at radius 1 is 1.47 bits per heavy atom. The maximum Gasteiger partial charge on any atom is 0.180 e. The Bertz CT molecular complexity index is 515. The van der Waals surface area contributed by atoms with Crippen LogP contribution in [0.4, 0.5) is 11.6 Å². The van der Waals surface area contributed by atoms with Crippen LogP contribution in [0.15, 0.2) is 18.6 Å². The fourth-order valence-electron chi connectivity index (χ4n) is 1.97. The number of hydrogen-bond acceptors (Lipinski definition) is 4. The van der Waals surface area contributed by atoms with Gasteiger partial charge in [0.25, 0.3) is 0 Å². The lowest BCUT2D eigenvalue weighted by Crippen LogP contribution is -2.07. The Labute approximate surface area is 100 Å². The van der Waals surface area contributed by atoms with Gasteiger partial charge in [-0.3, -0.25) is 0 Å². The molecule has 0 aliphatic heterocycles. The number of nitrogens with one attached hydrogen (secondary N) is 2. The van der Waals surface area contributed by atoms with Gasteiger partial charge in [0.2, 0.25) is 0 Å². The molecular weight excluding hydrogens is 214 g/mol. The molecule has 2 N–H and O–H groups in total. The van der Waals surface area contributed by atoms with Crippen LogP contribution in [0.2, 0.25) is 0 Å². The van der Waals surface area contributed by atoms with Crippen molar-refractivity contribution in [1.82, 2.24) is 14.4 Å². The van der Waals surface area contributed by atoms with Crippen LogP contribution in [0, 0.1) is 5.92 Å². The molecule has 5 nitrogen and oxygen atoms in total. The number of hydrogen-bond donors (Lipinski definition) is 2. The second-order valence-corrected chi connectivity index (χ2v) is 4.54. The van der Waals surface area contributed by atoms with E-state index in [0.29, 0.717) is 0 Å². The lowest BCUT2D eigenvalue weighted by molar-refractivity contribution is 0.758. The topological polar surface area (TPSA) is 54.2 Å². The minimum Gasteiger partial charge on any atom is -0.372 e. The molecule has 2 heterocycles. The summed E-state index contributed by atoms with van der Waals surface area (Å²) < 4.78 is 1.98. The van der Waals surface area contributed by atoms with Gasteiger partial charge in [-0.1, -0.05) is 12.8 Å². The number of nitrogens with zero attached hydrogens (tertiary/aromatic N) is 3. The summed E-state index contributed by atoms with van der Waals surface area (Å²) in [5.41, 5.74) is 0.889. The largest absolute Gasteiger partial charge is 0.372 e. The zero-order valence-corrected chi connectivity index (χ0v) is 9.98. The predicted molar refractivity (Wildman–Crippen MR) is 68.4 cm³/mol. The fourth-order valence-corrected chi connectivity index (χ4v) is 1.97. The zero-order valence-electron chi connectivity index (χ0n) is 9.98. The third-order valence-corrected chi connectivity index (χ3v) is 3.17. The molecule has 0 radical (unpaired) electrons. The van der Waals surface area contributed by atoms with Crippen molar-refractivity contribution in [2.45, 2.75) is 19.3 Å². The van der Waals surface area contributed by atoms with Crippen molar-refractivity contribution in [3.05, 3.63) is 18.6 Å². The maximum absolute atomic E-state index is 4.50. The standard InChI is InChI=1S/C12H17N5/c1-13-10-8-17-7-6-15-12(17)11(16-10)14-5-4-9-2-3-9/h6-9,13H,2-5H2,1H3,(H,14,16). The smallest absolute Gasteiger partial charge is 0.180 e. The maximum atomic E-state index is 4.50. The van der Waals surface area contributed by atoms with Crippen LogP contribution in [0.25, 0.3) is 5.65 Å². The summed E-state index contributed by atoms with van der Waals surface area (Å²) in [4.78, 5) is 8.82. The normalized spacial score (nSPS) is 15.1. The van der Waals surface area contributed by atoms with Crippen molar-refractivity contribution < 1.29 is 0 Å². The molecule has 1 aliphatic carbocycles. The number of rotatable bonds is 5. The summed E-state index contributed by atoms with van der Waals surface area (Å²) in [5.74, 6) is 2.65. The minimum atomic E-state index is 0.851. The van der Waals surface area contributed by atoms with E-state index in [1.807, 2.05) is 23.8 Å². The van der Waals surface area contributed by atoms with E-state index in [1.54, 1.807) is 6.20 Å². The Hall–Kier alpha value is -1.78. The average Bonchev–Trinajstić information content (AvgIpc) is 3.04. The summed E-state index contributed by atoms with van der Waals surface area (Å²) in [7, 11) is 1.87. The highest BCUT2D eigenvalue weighted by Crippen LogP contribution is 2.32. The van der Waals surface area contributed by atoms with Crippen molar-refractivity contribution in [2.75, 3.05) is 24.2 Å². The van der Waals surface area contributed by atoms with Gasteiger partial charge in [-0.15, -0.1) is 0 Å². The van der Waals surface area contributed by atoms with Crippen molar-refractivity contribution in [2.24, 2.45) is 5.92 Å². The second kappa shape index (κ2) is 4.24. The molecule has 0 amide bonds. The Balaban J connectivity index is 1.81. The van der Waals surface area contributed by atoms with E-state index >= 15 is 0 Å². The summed E-state index contributed by atoms with van der Waals surface area (Å²) in [5, 5.41) is 6.45. The van der Waals surface area contributed by atoms with Crippen molar-refractivity contribution >= 4 is 17.3 Å². The summed E-state index contributed by atoms with van der Waals surface area (Å²) >= 11 is 0. The van der Waals surface area contributed by atoms with E-state index in [9.17, 15) is 0 Å².